The van der Waals surface area contributed by atoms with Gasteiger partial charge in [-0.15, -0.1) is 0 Å². The zero-order valence-corrected chi connectivity index (χ0v) is 19.0. The van der Waals surface area contributed by atoms with Crippen LogP contribution in [0.15, 0.2) is 42.7 Å². The first-order valence-electron chi connectivity index (χ1n) is 10.9. The first kappa shape index (κ1) is 23.3. The van der Waals surface area contributed by atoms with E-state index in [4.69, 9.17) is 0 Å². The monoisotopic (exact) mass is 467 g/mol. The summed E-state index contributed by atoms with van der Waals surface area (Å²) < 4.78 is 14.8. The van der Waals surface area contributed by atoms with Crippen LogP contribution in [0.25, 0.3) is 11.4 Å². The molecule has 4 rings (SSSR count). The highest BCUT2D eigenvalue weighted by Crippen LogP contribution is 2.22. The third kappa shape index (κ3) is 5.20. The Morgan fingerprint density at radius 1 is 1.15 bits per heavy atom. The number of aromatic nitrogens is 4. The van der Waals surface area contributed by atoms with Crippen molar-refractivity contribution in [1.29, 1.82) is 0 Å². The third-order valence-electron chi connectivity index (χ3n) is 5.54. The number of benzene rings is 1. The second-order valence-electron chi connectivity index (χ2n) is 8.18. The molecule has 1 atom stereocenters. The number of rotatable bonds is 6. The van der Waals surface area contributed by atoms with Crippen LogP contribution in [0.5, 0.6) is 0 Å². The van der Waals surface area contributed by atoms with E-state index in [0.29, 0.717) is 48.9 Å². The molecule has 0 spiro atoms. The van der Waals surface area contributed by atoms with Crippen LogP contribution in [0.1, 0.15) is 27.8 Å². The van der Waals surface area contributed by atoms with Crippen molar-refractivity contribution < 1.29 is 19.1 Å². The van der Waals surface area contributed by atoms with Crippen LogP contribution in [-0.4, -0.2) is 80.4 Å². The van der Waals surface area contributed by atoms with Gasteiger partial charge in [0.25, 0.3) is 11.8 Å². The number of amides is 2. The number of carbonyl (C=O) groups is 2. The largest absolute Gasteiger partial charge is 0.394 e. The summed E-state index contributed by atoms with van der Waals surface area (Å²) >= 11 is 0. The van der Waals surface area contributed by atoms with Crippen LogP contribution < -0.4 is 10.2 Å². The van der Waals surface area contributed by atoms with Gasteiger partial charge in [0.1, 0.15) is 17.3 Å². The molecule has 3 heterocycles. The van der Waals surface area contributed by atoms with E-state index in [9.17, 15) is 19.1 Å². The average molecular weight is 468 g/mol. The zero-order chi connectivity index (χ0) is 24.2. The topological polar surface area (TPSA) is 116 Å². The van der Waals surface area contributed by atoms with E-state index in [1.54, 1.807) is 42.0 Å². The van der Waals surface area contributed by atoms with E-state index in [1.807, 2.05) is 4.90 Å². The van der Waals surface area contributed by atoms with Gasteiger partial charge in [0.05, 0.1) is 18.4 Å². The van der Waals surface area contributed by atoms with Gasteiger partial charge in [0.2, 0.25) is 0 Å². The zero-order valence-electron chi connectivity index (χ0n) is 19.0. The van der Waals surface area contributed by atoms with Crippen LogP contribution in [-0.2, 0) is 7.05 Å². The highest BCUT2D eigenvalue weighted by atomic mass is 19.1. The summed E-state index contributed by atoms with van der Waals surface area (Å²) in [7, 11) is 1.78. The molecule has 0 saturated carbocycles. The molecule has 1 fully saturated rings. The molecule has 178 valence electrons. The standard InChI is InChI=1S/C23H26FN7O3/c1-15(14-32)26-22(33)19-11-20(28-21(27-19)17-12-25-29(2)13-17)30-7-9-31(10-8-30)23(34)16-3-5-18(24)6-4-16/h3-6,11-13,15,32H,7-10,14H2,1-2H3,(H,26,33)/t15-/m0/s1. The number of nitrogens with zero attached hydrogens (tertiary/aromatic N) is 6. The Balaban J connectivity index is 1.54. The van der Waals surface area contributed by atoms with E-state index < -0.39 is 11.9 Å². The van der Waals surface area contributed by atoms with Gasteiger partial charge in [-0.1, -0.05) is 0 Å². The molecule has 1 aromatic carbocycles. The van der Waals surface area contributed by atoms with Crippen molar-refractivity contribution in [2.45, 2.75) is 13.0 Å². The highest BCUT2D eigenvalue weighted by Gasteiger charge is 2.25. The lowest BCUT2D eigenvalue weighted by Crippen LogP contribution is -2.49. The Hall–Kier alpha value is -3.86. The smallest absolute Gasteiger partial charge is 0.270 e. The second-order valence-corrected chi connectivity index (χ2v) is 8.18. The van der Waals surface area contributed by atoms with E-state index in [1.165, 1.54) is 24.3 Å². The molecule has 3 aromatic rings. The van der Waals surface area contributed by atoms with Crippen molar-refractivity contribution in [1.82, 2.24) is 30.0 Å². The van der Waals surface area contributed by atoms with Gasteiger partial charge in [-0.2, -0.15) is 5.10 Å². The quantitative estimate of drug-likeness (QED) is 0.557. The van der Waals surface area contributed by atoms with Crippen molar-refractivity contribution in [3.8, 4) is 11.4 Å². The lowest BCUT2D eigenvalue weighted by atomic mass is 10.1. The maximum Gasteiger partial charge on any atom is 0.270 e. The first-order valence-corrected chi connectivity index (χ1v) is 10.9. The van der Waals surface area contributed by atoms with Crippen molar-refractivity contribution in [2.24, 2.45) is 7.05 Å². The second kappa shape index (κ2) is 9.96. The number of hydrogen-bond acceptors (Lipinski definition) is 7. The lowest BCUT2D eigenvalue weighted by Gasteiger charge is -2.35. The Labute approximate surface area is 196 Å². The summed E-state index contributed by atoms with van der Waals surface area (Å²) in [5.41, 5.74) is 1.28. The Morgan fingerprint density at radius 3 is 2.47 bits per heavy atom. The molecule has 1 aliphatic rings. The number of anilines is 1. The van der Waals surface area contributed by atoms with E-state index >= 15 is 0 Å². The summed E-state index contributed by atoms with van der Waals surface area (Å²) in [4.78, 5) is 38.2. The van der Waals surface area contributed by atoms with Gasteiger partial charge in [0.15, 0.2) is 5.82 Å². The van der Waals surface area contributed by atoms with Crippen LogP contribution in [0.3, 0.4) is 0 Å². The Bertz CT molecular complexity index is 1170. The summed E-state index contributed by atoms with van der Waals surface area (Å²) in [6.45, 7) is 3.41. The van der Waals surface area contributed by atoms with Gasteiger partial charge in [-0.3, -0.25) is 14.3 Å². The number of piperazine rings is 1. The van der Waals surface area contributed by atoms with Gasteiger partial charge in [0, 0.05) is 57.1 Å². The van der Waals surface area contributed by atoms with Gasteiger partial charge < -0.3 is 20.2 Å². The van der Waals surface area contributed by atoms with E-state index in [2.05, 4.69) is 20.4 Å². The van der Waals surface area contributed by atoms with Crippen molar-refractivity contribution in [2.75, 3.05) is 37.7 Å². The maximum absolute atomic E-state index is 13.2. The molecule has 0 aliphatic carbocycles. The predicted molar refractivity (Wildman–Crippen MR) is 123 cm³/mol. The van der Waals surface area contributed by atoms with Crippen LogP contribution in [0, 0.1) is 5.82 Å². The molecular formula is C23H26FN7O3. The van der Waals surface area contributed by atoms with E-state index in [-0.39, 0.29) is 24.0 Å². The van der Waals surface area contributed by atoms with Crippen molar-refractivity contribution >= 4 is 17.6 Å². The third-order valence-corrected chi connectivity index (χ3v) is 5.54. The van der Waals surface area contributed by atoms with Crippen LogP contribution in [0.2, 0.25) is 0 Å². The van der Waals surface area contributed by atoms with Crippen LogP contribution >= 0.6 is 0 Å². The Morgan fingerprint density at radius 2 is 1.85 bits per heavy atom. The molecule has 2 aromatic heterocycles. The van der Waals surface area contributed by atoms with E-state index in [0.717, 1.165) is 0 Å². The molecule has 1 saturated heterocycles. The number of aryl methyl sites for hydroxylation is 1. The maximum atomic E-state index is 13.2. The fourth-order valence-electron chi connectivity index (χ4n) is 3.64. The highest BCUT2D eigenvalue weighted by molar-refractivity contribution is 5.95. The van der Waals surface area contributed by atoms with Gasteiger partial charge >= 0.3 is 0 Å². The number of hydrogen-bond donors (Lipinski definition) is 2. The molecule has 2 amide bonds. The van der Waals surface area contributed by atoms with Crippen LogP contribution in [0.4, 0.5) is 10.2 Å². The number of nitrogens with one attached hydrogen (secondary N) is 1. The molecule has 0 unspecified atom stereocenters. The summed E-state index contributed by atoms with van der Waals surface area (Å²) in [5.74, 6) is -0.0403. The average Bonchev–Trinajstić information content (AvgIpc) is 3.30. The Kier molecular flexibility index (Phi) is 6.82. The molecule has 1 aliphatic heterocycles. The number of carbonyl (C=O) groups excluding carboxylic acids is 2. The molecule has 0 radical (unpaired) electrons. The van der Waals surface area contributed by atoms with Crippen molar-refractivity contribution in [3.63, 3.8) is 0 Å². The fourth-order valence-corrected chi connectivity index (χ4v) is 3.64. The number of halogens is 1. The molecule has 11 heteroatoms. The van der Waals surface area contributed by atoms with Gasteiger partial charge in [-0.25, -0.2) is 14.4 Å². The first-order chi connectivity index (χ1) is 16.3. The molecule has 0 bridgehead atoms. The summed E-state index contributed by atoms with van der Waals surface area (Å²) in [6, 6.07) is 6.69. The molecule has 34 heavy (non-hydrogen) atoms. The fraction of sp³-hybridized carbons (Fsp3) is 0.348. The summed E-state index contributed by atoms with van der Waals surface area (Å²) in [6.07, 6.45) is 3.38. The van der Waals surface area contributed by atoms with Gasteiger partial charge in [-0.05, 0) is 31.2 Å². The number of aliphatic hydroxyl groups is 1. The minimum absolute atomic E-state index is 0.156. The lowest BCUT2D eigenvalue weighted by molar-refractivity contribution is 0.0746. The predicted octanol–water partition coefficient (Wildman–Crippen LogP) is 1.09. The molecular weight excluding hydrogens is 441 g/mol. The molecule has 10 nitrogen and oxygen atoms in total. The number of aliphatic hydroxyl groups excluding tert-OH is 1. The summed E-state index contributed by atoms with van der Waals surface area (Å²) in [5, 5.41) is 16.1. The minimum Gasteiger partial charge on any atom is -0.394 e. The molecule has 2 N–H and O–H groups in total. The SMILES string of the molecule is C[C@@H](CO)NC(=O)c1cc(N2CCN(C(=O)c3ccc(F)cc3)CC2)nc(-c2cnn(C)c2)n1. The normalized spacial score (nSPS) is 14.7. The van der Waals surface area contributed by atoms with Crippen molar-refractivity contribution in [3.05, 3.63) is 59.8 Å². The minimum atomic E-state index is -0.422.